The number of ether oxygens (including phenoxy) is 3. The van der Waals surface area contributed by atoms with Crippen LogP contribution in [0.5, 0.6) is 0 Å². The summed E-state index contributed by atoms with van der Waals surface area (Å²) in [5.74, 6) is 1.74. The number of nitrogens with one attached hydrogen (secondary N) is 1. The van der Waals surface area contributed by atoms with Crippen LogP contribution in [0.25, 0.3) is 0 Å². The molecule has 2 rings (SSSR count). The van der Waals surface area contributed by atoms with Crippen molar-refractivity contribution in [3.05, 3.63) is 0 Å². The van der Waals surface area contributed by atoms with Crippen LogP contribution in [0.15, 0.2) is 4.99 Å². The van der Waals surface area contributed by atoms with Gasteiger partial charge in [0.25, 0.3) is 0 Å². The molecule has 2 aliphatic rings. The Morgan fingerprint density at radius 1 is 1.22 bits per heavy atom. The van der Waals surface area contributed by atoms with Gasteiger partial charge in [0.05, 0.1) is 19.3 Å². The van der Waals surface area contributed by atoms with Gasteiger partial charge < -0.3 is 24.4 Å². The van der Waals surface area contributed by atoms with Crippen molar-refractivity contribution in [3.8, 4) is 0 Å². The fraction of sp³-hybridized carbons (Fsp3) is 0.941. The molecule has 1 saturated carbocycles. The van der Waals surface area contributed by atoms with Gasteiger partial charge in [0.1, 0.15) is 0 Å². The number of aliphatic imine (C=N–C) groups is 1. The molecule has 0 spiro atoms. The lowest BCUT2D eigenvalue weighted by molar-refractivity contribution is 0.0168. The molecule has 0 aromatic heterocycles. The average molecular weight is 327 g/mol. The molecule has 0 amide bonds. The van der Waals surface area contributed by atoms with Gasteiger partial charge in [-0.05, 0) is 38.0 Å². The molecule has 2 fully saturated rings. The molecule has 6 nitrogen and oxygen atoms in total. The smallest absolute Gasteiger partial charge is 0.193 e. The molecule has 1 saturated heterocycles. The summed E-state index contributed by atoms with van der Waals surface area (Å²) in [5.41, 5.74) is 0. The lowest BCUT2D eigenvalue weighted by atomic mass is 10.2. The summed E-state index contributed by atoms with van der Waals surface area (Å²) in [7, 11) is 3.86. The van der Waals surface area contributed by atoms with Gasteiger partial charge in [-0.3, -0.25) is 4.99 Å². The number of hydrogen-bond acceptors (Lipinski definition) is 4. The molecule has 0 aromatic carbocycles. The maximum Gasteiger partial charge on any atom is 0.193 e. The van der Waals surface area contributed by atoms with Crippen LogP contribution in [0.1, 0.15) is 32.1 Å². The topological polar surface area (TPSA) is 55.3 Å². The van der Waals surface area contributed by atoms with Crippen LogP contribution >= 0.6 is 0 Å². The van der Waals surface area contributed by atoms with E-state index in [1.165, 1.54) is 19.3 Å². The second-order valence-corrected chi connectivity index (χ2v) is 6.48. The lowest BCUT2D eigenvalue weighted by Crippen LogP contribution is -2.41. The van der Waals surface area contributed by atoms with Crippen LogP contribution in [0.4, 0.5) is 0 Å². The molecule has 1 unspecified atom stereocenters. The molecule has 1 aliphatic carbocycles. The van der Waals surface area contributed by atoms with Gasteiger partial charge >= 0.3 is 0 Å². The molecule has 6 heteroatoms. The molecular weight excluding hydrogens is 294 g/mol. The summed E-state index contributed by atoms with van der Waals surface area (Å²) in [5, 5.41) is 3.37. The number of hydrogen-bond donors (Lipinski definition) is 1. The Hall–Kier alpha value is -0.850. The Labute approximate surface area is 140 Å². The van der Waals surface area contributed by atoms with Crippen molar-refractivity contribution in [2.75, 3.05) is 60.2 Å². The summed E-state index contributed by atoms with van der Waals surface area (Å²) in [6.45, 7) is 5.79. The minimum Gasteiger partial charge on any atom is -0.379 e. The average Bonchev–Trinajstić information content (AvgIpc) is 3.24. The molecule has 0 bridgehead atoms. The van der Waals surface area contributed by atoms with Gasteiger partial charge in [0.2, 0.25) is 0 Å². The van der Waals surface area contributed by atoms with E-state index < -0.39 is 0 Å². The van der Waals surface area contributed by atoms with Crippen molar-refractivity contribution < 1.29 is 14.2 Å². The summed E-state index contributed by atoms with van der Waals surface area (Å²) in [6.07, 6.45) is 6.28. The van der Waals surface area contributed by atoms with Gasteiger partial charge in [-0.1, -0.05) is 0 Å². The first kappa shape index (κ1) is 18.5. The minimum absolute atomic E-state index is 0.317. The second-order valence-electron chi connectivity index (χ2n) is 6.48. The Morgan fingerprint density at radius 3 is 2.74 bits per heavy atom. The monoisotopic (exact) mass is 327 g/mol. The predicted molar refractivity (Wildman–Crippen MR) is 91.9 cm³/mol. The molecule has 0 aromatic rings. The van der Waals surface area contributed by atoms with Crippen molar-refractivity contribution in [2.24, 2.45) is 10.9 Å². The summed E-state index contributed by atoms with van der Waals surface area (Å²) in [6, 6.07) is 0. The summed E-state index contributed by atoms with van der Waals surface area (Å²) >= 11 is 0. The zero-order valence-electron chi connectivity index (χ0n) is 14.8. The first-order chi connectivity index (χ1) is 11.3. The van der Waals surface area contributed by atoms with Gasteiger partial charge in [-0.15, -0.1) is 0 Å². The highest BCUT2D eigenvalue weighted by Gasteiger charge is 2.21. The minimum atomic E-state index is 0.317. The molecule has 134 valence electrons. The van der Waals surface area contributed by atoms with E-state index in [0.717, 1.165) is 70.8 Å². The third kappa shape index (κ3) is 7.99. The first-order valence-electron chi connectivity index (χ1n) is 8.98. The fourth-order valence-electron chi connectivity index (χ4n) is 2.59. The molecule has 1 aliphatic heterocycles. The highest BCUT2D eigenvalue weighted by Crippen LogP contribution is 2.28. The summed E-state index contributed by atoms with van der Waals surface area (Å²) in [4.78, 5) is 6.42. The second kappa shape index (κ2) is 10.8. The van der Waals surface area contributed by atoms with Crippen LogP contribution < -0.4 is 5.32 Å². The van der Waals surface area contributed by atoms with Gasteiger partial charge in [0.15, 0.2) is 5.96 Å². The maximum absolute atomic E-state index is 5.67. The normalized spacial score (nSPS) is 21.7. The molecule has 0 radical (unpaired) electrons. The number of nitrogens with zero attached hydrogens (tertiary/aromatic N) is 2. The number of guanidine groups is 1. The Bertz CT molecular complexity index is 342. The van der Waals surface area contributed by atoms with Crippen molar-refractivity contribution in [1.82, 2.24) is 10.2 Å². The van der Waals surface area contributed by atoms with Crippen molar-refractivity contribution in [3.63, 3.8) is 0 Å². The van der Waals surface area contributed by atoms with Crippen molar-refractivity contribution in [2.45, 2.75) is 38.2 Å². The van der Waals surface area contributed by atoms with E-state index >= 15 is 0 Å². The predicted octanol–water partition coefficient (Wildman–Crippen LogP) is 1.51. The van der Waals surface area contributed by atoms with Crippen LogP contribution in [-0.2, 0) is 14.2 Å². The SMILES string of the molecule is CN=C(NCCCOCC1CCCO1)N(C)CCOCC1CC1. The number of rotatable bonds is 11. The third-order valence-electron chi connectivity index (χ3n) is 4.27. The van der Waals surface area contributed by atoms with E-state index in [4.69, 9.17) is 14.2 Å². The van der Waals surface area contributed by atoms with E-state index in [2.05, 4.69) is 15.2 Å². The Morgan fingerprint density at radius 2 is 2.04 bits per heavy atom. The zero-order chi connectivity index (χ0) is 16.3. The van der Waals surface area contributed by atoms with Crippen LogP contribution in [-0.4, -0.2) is 77.2 Å². The standard InChI is InChI=1S/C17H33N3O3/c1-18-17(20(2)9-12-22-13-15-6-7-15)19-8-4-10-21-14-16-5-3-11-23-16/h15-16H,3-14H2,1-2H3,(H,18,19). The molecule has 1 heterocycles. The molecule has 1 N–H and O–H groups in total. The third-order valence-corrected chi connectivity index (χ3v) is 4.27. The van der Waals surface area contributed by atoms with Crippen molar-refractivity contribution >= 4 is 5.96 Å². The van der Waals surface area contributed by atoms with E-state index in [0.29, 0.717) is 6.10 Å². The highest BCUT2D eigenvalue weighted by molar-refractivity contribution is 5.79. The van der Waals surface area contributed by atoms with Crippen molar-refractivity contribution in [1.29, 1.82) is 0 Å². The largest absolute Gasteiger partial charge is 0.379 e. The molecule has 23 heavy (non-hydrogen) atoms. The van der Waals surface area contributed by atoms with E-state index in [-0.39, 0.29) is 0 Å². The van der Waals surface area contributed by atoms with E-state index in [1.807, 2.05) is 14.1 Å². The zero-order valence-corrected chi connectivity index (χ0v) is 14.8. The fourth-order valence-corrected chi connectivity index (χ4v) is 2.59. The van der Waals surface area contributed by atoms with E-state index in [1.54, 1.807) is 0 Å². The van der Waals surface area contributed by atoms with E-state index in [9.17, 15) is 0 Å². The number of likely N-dealkylation sites (N-methyl/N-ethyl adjacent to an activating group) is 1. The molecular formula is C17H33N3O3. The van der Waals surface area contributed by atoms with Crippen LogP contribution in [0.3, 0.4) is 0 Å². The lowest BCUT2D eigenvalue weighted by Gasteiger charge is -2.22. The molecule has 1 atom stereocenters. The maximum atomic E-state index is 5.67. The summed E-state index contributed by atoms with van der Waals surface area (Å²) < 4.78 is 16.9. The van der Waals surface area contributed by atoms with Gasteiger partial charge in [-0.25, -0.2) is 0 Å². The van der Waals surface area contributed by atoms with Gasteiger partial charge in [0, 0.05) is 47.0 Å². The first-order valence-corrected chi connectivity index (χ1v) is 8.98. The Balaban J connectivity index is 1.44. The van der Waals surface area contributed by atoms with Crippen LogP contribution in [0.2, 0.25) is 0 Å². The van der Waals surface area contributed by atoms with Gasteiger partial charge in [-0.2, -0.15) is 0 Å². The Kier molecular flexibility index (Phi) is 8.71. The quantitative estimate of drug-likeness (QED) is 0.354. The highest BCUT2D eigenvalue weighted by atomic mass is 16.5. The van der Waals surface area contributed by atoms with Crippen LogP contribution in [0, 0.1) is 5.92 Å².